The van der Waals surface area contributed by atoms with Crippen molar-refractivity contribution in [3.63, 3.8) is 0 Å². The maximum absolute atomic E-state index is 6.04. The zero-order chi connectivity index (χ0) is 21.0. The molecule has 0 amide bonds. The Hall–Kier alpha value is -0.160. The molecule has 0 aromatic rings. The minimum absolute atomic E-state index is 0.278. The van der Waals surface area contributed by atoms with E-state index in [2.05, 4.69) is 13.8 Å². The fourth-order valence-electron chi connectivity index (χ4n) is 9.45. The molecule has 172 valence electrons. The number of methoxy groups -OCH3 is 2. The Morgan fingerprint density at radius 3 is 1.80 bits per heavy atom. The minimum atomic E-state index is 0.278. The van der Waals surface area contributed by atoms with Gasteiger partial charge in [0.1, 0.15) is 0 Å². The second kappa shape index (κ2) is 8.01. The molecule has 0 radical (unpaired) electrons. The first-order valence-corrected chi connectivity index (χ1v) is 12.7. The first-order valence-electron chi connectivity index (χ1n) is 12.7. The molecular formula is C26H44O4. The Balaban J connectivity index is 1.62. The molecule has 3 aliphatic carbocycles. The van der Waals surface area contributed by atoms with Crippen LogP contribution in [0.25, 0.3) is 0 Å². The van der Waals surface area contributed by atoms with E-state index in [1.54, 1.807) is 0 Å². The van der Waals surface area contributed by atoms with Gasteiger partial charge in [-0.25, -0.2) is 0 Å². The molecule has 6 unspecified atom stereocenters. The predicted octanol–water partition coefficient (Wildman–Crippen LogP) is 4.81. The first-order chi connectivity index (χ1) is 14.6. The zero-order valence-corrected chi connectivity index (χ0v) is 19.8. The monoisotopic (exact) mass is 420 g/mol. The van der Waals surface area contributed by atoms with E-state index in [9.17, 15) is 0 Å². The molecule has 0 N–H and O–H groups in total. The average molecular weight is 421 g/mol. The molecule has 5 fully saturated rings. The standard InChI is InChI=1S/C26H44O4/c1-5-24(14-29-15-24)22(12-27-3)26(23(13-28-4)25(6-2)16-30-17-25)11-18-10-21(26)20-9-7-8-19(18)20/h18-23H,5-17H2,1-4H3. The lowest BCUT2D eigenvalue weighted by Crippen LogP contribution is -2.65. The Morgan fingerprint density at radius 1 is 0.833 bits per heavy atom. The van der Waals surface area contributed by atoms with E-state index in [0.29, 0.717) is 17.3 Å². The maximum Gasteiger partial charge on any atom is 0.0548 e. The molecule has 30 heavy (non-hydrogen) atoms. The van der Waals surface area contributed by atoms with E-state index in [1.807, 2.05) is 14.2 Å². The molecular weight excluding hydrogens is 376 g/mol. The Morgan fingerprint density at radius 2 is 1.37 bits per heavy atom. The lowest BCUT2D eigenvalue weighted by Gasteiger charge is -2.64. The van der Waals surface area contributed by atoms with Crippen LogP contribution >= 0.6 is 0 Å². The van der Waals surface area contributed by atoms with Gasteiger partial charge in [0.2, 0.25) is 0 Å². The van der Waals surface area contributed by atoms with Crippen LogP contribution in [0.5, 0.6) is 0 Å². The van der Waals surface area contributed by atoms with Gasteiger partial charge < -0.3 is 18.9 Å². The molecule has 4 nitrogen and oxygen atoms in total. The largest absolute Gasteiger partial charge is 0.384 e. The minimum Gasteiger partial charge on any atom is -0.384 e. The van der Waals surface area contributed by atoms with Crippen LogP contribution in [0.3, 0.4) is 0 Å². The van der Waals surface area contributed by atoms with Gasteiger partial charge >= 0.3 is 0 Å². The smallest absolute Gasteiger partial charge is 0.0548 e. The Kier molecular flexibility index (Phi) is 5.78. The molecule has 0 aromatic carbocycles. The van der Waals surface area contributed by atoms with Gasteiger partial charge in [-0.2, -0.15) is 0 Å². The molecule has 2 aliphatic heterocycles. The van der Waals surface area contributed by atoms with Gasteiger partial charge in [0.05, 0.1) is 39.6 Å². The van der Waals surface area contributed by atoms with Crippen LogP contribution in [0.2, 0.25) is 0 Å². The van der Waals surface area contributed by atoms with E-state index >= 15 is 0 Å². The summed E-state index contributed by atoms with van der Waals surface area (Å²) in [6, 6.07) is 0. The third-order valence-electron chi connectivity index (χ3n) is 11.0. The van der Waals surface area contributed by atoms with Gasteiger partial charge in [-0.05, 0) is 79.4 Å². The molecule has 6 atom stereocenters. The topological polar surface area (TPSA) is 36.9 Å². The van der Waals surface area contributed by atoms with E-state index in [1.165, 1.54) is 44.9 Å². The summed E-state index contributed by atoms with van der Waals surface area (Å²) in [5.74, 6) is 4.82. The van der Waals surface area contributed by atoms with Crippen molar-refractivity contribution < 1.29 is 18.9 Å². The maximum atomic E-state index is 6.04. The summed E-state index contributed by atoms with van der Waals surface area (Å²) in [7, 11) is 3.84. The van der Waals surface area contributed by atoms with Crippen LogP contribution in [0, 0.1) is 51.8 Å². The van der Waals surface area contributed by atoms with E-state index < -0.39 is 0 Å². The highest BCUT2D eigenvalue weighted by atomic mass is 16.5. The third-order valence-corrected chi connectivity index (χ3v) is 11.0. The van der Waals surface area contributed by atoms with Crippen molar-refractivity contribution in [2.75, 3.05) is 53.9 Å². The van der Waals surface area contributed by atoms with Crippen LogP contribution in [0.15, 0.2) is 0 Å². The lowest BCUT2D eigenvalue weighted by atomic mass is 9.44. The second-order valence-corrected chi connectivity index (χ2v) is 11.6. The zero-order valence-electron chi connectivity index (χ0n) is 19.8. The van der Waals surface area contributed by atoms with Gasteiger partial charge in [0.15, 0.2) is 0 Å². The van der Waals surface area contributed by atoms with Crippen molar-refractivity contribution in [1.29, 1.82) is 0 Å². The van der Waals surface area contributed by atoms with Crippen molar-refractivity contribution >= 4 is 0 Å². The fraction of sp³-hybridized carbons (Fsp3) is 1.00. The summed E-state index contributed by atoms with van der Waals surface area (Å²) in [6.45, 7) is 10.2. The third kappa shape index (κ3) is 2.79. The normalized spacial score (nSPS) is 42.4. The van der Waals surface area contributed by atoms with Gasteiger partial charge in [0.25, 0.3) is 0 Å². The van der Waals surface area contributed by atoms with Crippen molar-refractivity contribution in [2.45, 2.75) is 58.8 Å². The molecule has 5 rings (SSSR count). The Labute approximate surface area is 183 Å². The number of hydrogen-bond acceptors (Lipinski definition) is 4. The molecule has 3 saturated carbocycles. The summed E-state index contributed by atoms with van der Waals surface area (Å²) >= 11 is 0. The van der Waals surface area contributed by atoms with Gasteiger partial charge in [-0.15, -0.1) is 0 Å². The summed E-state index contributed by atoms with van der Waals surface area (Å²) in [5.41, 5.74) is 0.863. The van der Waals surface area contributed by atoms with Crippen molar-refractivity contribution in [1.82, 2.24) is 0 Å². The van der Waals surface area contributed by atoms with Crippen LogP contribution < -0.4 is 0 Å². The summed E-state index contributed by atoms with van der Waals surface area (Å²) < 4.78 is 23.9. The molecule has 2 saturated heterocycles. The quantitative estimate of drug-likeness (QED) is 0.508. The van der Waals surface area contributed by atoms with E-state index in [-0.39, 0.29) is 10.8 Å². The summed E-state index contributed by atoms with van der Waals surface area (Å²) in [5, 5.41) is 0. The number of fused-ring (bicyclic) bond motifs is 5. The van der Waals surface area contributed by atoms with E-state index in [4.69, 9.17) is 18.9 Å². The molecule has 0 spiro atoms. The fourth-order valence-corrected chi connectivity index (χ4v) is 9.45. The predicted molar refractivity (Wildman–Crippen MR) is 117 cm³/mol. The van der Waals surface area contributed by atoms with E-state index in [0.717, 1.165) is 63.3 Å². The number of hydrogen-bond donors (Lipinski definition) is 0. The van der Waals surface area contributed by atoms with Gasteiger partial charge in [0, 0.05) is 25.0 Å². The summed E-state index contributed by atoms with van der Waals surface area (Å²) in [4.78, 5) is 0. The molecule has 5 aliphatic rings. The summed E-state index contributed by atoms with van der Waals surface area (Å²) in [6.07, 6.45) is 9.63. The van der Waals surface area contributed by atoms with Gasteiger partial charge in [-0.1, -0.05) is 20.3 Å². The van der Waals surface area contributed by atoms with Crippen LogP contribution in [-0.2, 0) is 18.9 Å². The second-order valence-electron chi connectivity index (χ2n) is 11.6. The molecule has 0 aromatic heterocycles. The Bertz CT molecular complexity index is 567. The molecule has 2 bridgehead atoms. The molecule has 4 heteroatoms. The SMILES string of the molecule is CCC1(C(COC)C2(C(COC)C3(CC)COC3)CC3CC2C2CCCC32)COC1. The van der Waals surface area contributed by atoms with Crippen LogP contribution in [0.1, 0.15) is 58.8 Å². The average Bonchev–Trinajstić information content (AvgIpc) is 3.38. The number of ether oxygens (including phenoxy) is 4. The van der Waals surface area contributed by atoms with Crippen molar-refractivity contribution in [2.24, 2.45) is 51.8 Å². The lowest BCUT2D eigenvalue weighted by molar-refractivity contribution is -0.258. The highest BCUT2D eigenvalue weighted by molar-refractivity contribution is 5.18. The van der Waals surface area contributed by atoms with Crippen molar-refractivity contribution in [3.05, 3.63) is 0 Å². The highest BCUT2D eigenvalue weighted by Crippen LogP contribution is 2.74. The number of rotatable bonds is 10. The highest BCUT2D eigenvalue weighted by Gasteiger charge is 2.71. The van der Waals surface area contributed by atoms with Gasteiger partial charge in [-0.3, -0.25) is 0 Å². The van der Waals surface area contributed by atoms with Crippen molar-refractivity contribution in [3.8, 4) is 0 Å². The molecule has 2 heterocycles. The van der Waals surface area contributed by atoms with Crippen LogP contribution in [-0.4, -0.2) is 53.9 Å². The van der Waals surface area contributed by atoms with Crippen LogP contribution in [0.4, 0.5) is 0 Å². The first kappa shape index (κ1) is 21.7.